The molecule has 1 aromatic carbocycles. The highest BCUT2D eigenvalue weighted by atomic mass is 16.5. The molecule has 3 aliphatic heterocycles. The van der Waals surface area contributed by atoms with Gasteiger partial charge in [-0.05, 0) is 43.9 Å². The van der Waals surface area contributed by atoms with Crippen molar-refractivity contribution in [2.75, 3.05) is 36.0 Å². The van der Waals surface area contributed by atoms with Gasteiger partial charge in [-0.15, -0.1) is 0 Å². The number of hydrogen-bond donors (Lipinski definition) is 1. The molecule has 1 spiro atoms. The van der Waals surface area contributed by atoms with Crippen molar-refractivity contribution < 1.29 is 14.6 Å². The molecule has 7 heteroatoms. The summed E-state index contributed by atoms with van der Waals surface area (Å²) in [5, 5.41) is 9.76. The van der Waals surface area contributed by atoms with Gasteiger partial charge in [-0.1, -0.05) is 12.1 Å². The standard InChI is InChI=1S/C23H28N4O3/c28-17-7-13-26(14-8-17)21-6-11-24-22(25-21)27-12-3-9-23(10-15-27)16-19(29)18-4-1-2-5-20(18)30-23/h1-2,4-6,11,17,28H,3,7-10,12-16H2. The minimum absolute atomic E-state index is 0.177. The number of carbonyl (C=O) groups is 1. The van der Waals surface area contributed by atoms with E-state index in [9.17, 15) is 9.90 Å². The fourth-order valence-electron chi connectivity index (χ4n) is 4.85. The van der Waals surface area contributed by atoms with E-state index < -0.39 is 5.60 Å². The SMILES string of the molecule is O=C1CC2(CCCN(c3nccc(N4CCC(O)CC4)n3)CC2)Oc2ccccc21. The second-order valence-corrected chi connectivity index (χ2v) is 8.65. The number of ketones is 1. The molecule has 1 unspecified atom stereocenters. The predicted octanol–water partition coefficient (Wildman–Crippen LogP) is 2.83. The van der Waals surface area contributed by atoms with Crippen LogP contribution in [0, 0.1) is 0 Å². The summed E-state index contributed by atoms with van der Waals surface area (Å²) in [7, 11) is 0. The monoisotopic (exact) mass is 408 g/mol. The smallest absolute Gasteiger partial charge is 0.227 e. The van der Waals surface area contributed by atoms with Gasteiger partial charge < -0.3 is 19.6 Å². The molecule has 1 N–H and O–H groups in total. The van der Waals surface area contributed by atoms with Gasteiger partial charge in [0, 0.05) is 38.8 Å². The van der Waals surface area contributed by atoms with Crippen molar-refractivity contribution in [2.45, 2.75) is 50.2 Å². The van der Waals surface area contributed by atoms with Crippen LogP contribution in [0.3, 0.4) is 0 Å². The summed E-state index contributed by atoms with van der Waals surface area (Å²) in [6.45, 7) is 3.24. The Bertz CT molecular complexity index is 928. The number of anilines is 2. The van der Waals surface area contributed by atoms with Crippen LogP contribution in [0.5, 0.6) is 5.75 Å². The zero-order chi connectivity index (χ0) is 20.6. The molecule has 0 aliphatic carbocycles. The van der Waals surface area contributed by atoms with E-state index in [1.807, 2.05) is 36.5 Å². The van der Waals surface area contributed by atoms with Crippen LogP contribution < -0.4 is 14.5 Å². The van der Waals surface area contributed by atoms with E-state index in [-0.39, 0.29) is 11.9 Å². The molecule has 30 heavy (non-hydrogen) atoms. The number of aromatic nitrogens is 2. The van der Waals surface area contributed by atoms with Gasteiger partial charge in [-0.3, -0.25) is 4.79 Å². The topological polar surface area (TPSA) is 78.8 Å². The molecule has 4 heterocycles. The van der Waals surface area contributed by atoms with Gasteiger partial charge in [0.05, 0.1) is 18.1 Å². The van der Waals surface area contributed by atoms with Crippen molar-refractivity contribution in [2.24, 2.45) is 0 Å². The summed E-state index contributed by atoms with van der Waals surface area (Å²) in [5.74, 6) is 2.55. The number of piperidine rings is 1. The Hall–Kier alpha value is -2.67. The van der Waals surface area contributed by atoms with Crippen LogP contribution in [-0.2, 0) is 0 Å². The summed E-state index contributed by atoms with van der Waals surface area (Å²) in [5.41, 5.74) is 0.271. The van der Waals surface area contributed by atoms with Crippen LogP contribution >= 0.6 is 0 Å². The van der Waals surface area contributed by atoms with E-state index in [0.29, 0.717) is 17.7 Å². The number of aliphatic hydroxyl groups is 1. The third-order valence-corrected chi connectivity index (χ3v) is 6.59. The van der Waals surface area contributed by atoms with Gasteiger partial charge >= 0.3 is 0 Å². The van der Waals surface area contributed by atoms with Crippen molar-refractivity contribution >= 4 is 17.5 Å². The van der Waals surface area contributed by atoms with Gasteiger partial charge in [0.15, 0.2) is 5.78 Å². The van der Waals surface area contributed by atoms with Crippen molar-refractivity contribution in [3.05, 3.63) is 42.1 Å². The van der Waals surface area contributed by atoms with Gasteiger partial charge in [0.25, 0.3) is 0 Å². The molecule has 0 saturated carbocycles. The highest BCUT2D eigenvalue weighted by Crippen LogP contribution is 2.39. The zero-order valence-electron chi connectivity index (χ0n) is 17.2. The first-order chi connectivity index (χ1) is 14.6. The van der Waals surface area contributed by atoms with Crippen molar-refractivity contribution in [1.29, 1.82) is 0 Å². The van der Waals surface area contributed by atoms with Gasteiger partial charge in [0.1, 0.15) is 17.2 Å². The normalized spacial score (nSPS) is 25.0. The van der Waals surface area contributed by atoms with Crippen molar-refractivity contribution in [3.63, 3.8) is 0 Å². The molecule has 3 aliphatic rings. The maximum atomic E-state index is 12.7. The average molecular weight is 409 g/mol. The van der Waals surface area contributed by atoms with E-state index in [4.69, 9.17) is 9.72 Å². The molecular formula is C23H28N4O3. The number of Topliss-reactive ketones (excluding diaryl/α,β-unsaturated/α-hetero) is 1. The van der Waals surface area contributed by atoms with Gasteiger partial charge in [0.2, 0.25) is 5.95 Å². The van der Waals surface area contributed by atoms with Gasteiger partial charge in [-0.25, -0.2) is 4.98 Å². The number of fused-ring (bicyclic) bond motifs is 1. The summed E-state index contributed by atoms with van der Waals surface area (Å²) in [6.07, 6.45) is 6.17. The third-order valence-electron chi connectivity index (χ3n) is 6.59. The molecule has 0 amide bonds. The van der Waals surface area contributed by atoms with Crippen LogP contribution in [0.25, 0.3) is 0 Å². The maximum Gasteiger partial charge on any atom is 0.227 e. The Morgan fingerprint density at radius 1 is 1.03 bits per heavy atom. The first kappa shape index (κ1) is 19.3. The fraction of sp³-hybridized carbons (Fsp3) is 0.522. The van der Waals surface area contributed by atoms with Gasteiger partial charge in [-0.2, -0.15) is 4.98 Å². The van der Waals surface area contributed by atoms with E-state index >= 15 is 0 Å². The Kier molecular flexibility index (Phi) is 5.06. The lowest BCUT2D eigenvalue weighted by molar-refractivity contribution is 0.0323. The molecule has 2 saturated heterocycles. The predicted molar refractivity (Wildman–Crippen MR) is 114 cm³/mol. The number of nitrogens with zero attached hydrogens (tertiary/aromatic N) is 4. The largest absolute Gasteiger partial charge is 0.486 e. The summed E-state index contributed by atoms with van der Waals surface area (Å²) in [6, 6.07) is 9.51. The molecular weight excluding hydrogens is 380 g/mol. The maximum absolute atomic E-state index is 12.7. The first-order valence-electron chi connectivity index (χ1n) is 10.9. The number of hydrogen-bond acceptors (Lipinski definition) is 7. The lowest BCUT2D eigenvalue weighted by Crippen LogP contribution is -2.43. The number of carbonyl (C=O) groups excluding carboxylic acids is 1. The van der Waals surface area contributed by atoms with Crippen LogP contribution in [0.15, 0.2) is 36.5 Å². The zero-order valence-corrected chi connectivity index (χ0v) is 17.2. The molecule has 5 rings (SSSR count). The molecule has 1 aromatic heterocycles. The fourth-order valence-corrected chi connectivity index (χ4v) is 4.85. The molecule has 158 valence electrons. The Morgan fingerprint density at radius 2 is 1.87 bits per heavy atom. The average Bonchev–Trinajstić information content (AvgIpc) is 2.97. The Balaban J connectivity index is 1.31. The number of ether oxygens (including phenoxy) is 1. The number of rotatable bonds is 2. The van der Waals surface area contributed by atoms with E-state index in [1.54, 1.807) is 0 Å². The first-order valence-corrected chi connectivity index (χ1v) is 10.9. The van der Waals surface area contributed by atoms with Crippen LogP contribution in [-0.4, -0.2) is 58.7 Å². The van der Waals surface area contributed by atoms with Crippen molar-refractivity contribution in [1.82, 2.24) is 9.97 Å². The minimum atomic E-state index is -0.430. The molecule has 0 bridgehead atoms. The van der Waals surface area contributed by atoms with E-state index in [1.165, 1.54) is 0 Å². The summed E-state index contributed by atoms with van der Waals surface area (Å²) in [4.78, 5) is 26.5. The number of benzene rings is 1. The molecule has 2 fully saturated rings. The highest BCUT2D eigenvalue weighted by Gasteiger charge is 2.41. The molecule has 0 radical (unpaired) electrons. The second-order valence-electron chi connectivity index (χ2n) is 8.65. The molecule has 1 atom stereocenters. The van der Waals surface area contributed by atoms with Crippen LogP contribution in [0.1, 0.15) is 48.9 Å². The third kappa shape index (κ3) is 3.74. The minimum Gasteiger partial charge on any atom is -0.486 e. The van der Waals surface area contributed by atoms with Crippen LogP contribution in [0.4, 0.5) is 11.8 Å². The lowest BCUT2D eigenvalue weighted by atomic mass is 9.84. The second kappa shape index (κ2) is 7.87. The quantitative estimate of drug-likeness (QED) is 0.819. The molecule has 2 aromatic rings. The highest BCUT2D eigenvalue weighted by molar-refractivity contribution is 6.00. The summed E-state index contributed by atoms with van der Waals surface area (Å²) < 4.78 is 6.40. The van der Waals surface area contributed by atoms with Crippen molar-refractivity contribution in [3.8, 4) is 5.75 Å². The summed E-state index contributed by atoms with van der Waals surface area (Å²) >= 11 is 0. The number of para-hydroxylation sites is 1. The lowest BCUT2D eigenvalue weighted by Gasteiger charge is -2.37. The molecule has 7 nitrogen and oxygen atoms in total. The van der Waals surface area contributed by atoms with E-state index in [2.05, 4.69) is 14.8 Å². The van der Waals surface area contributed by atoms with Crippen LogP contribution in [0.2, 0.25) is 0 Å². The Labute approximate surface area is 176 Å². The number of aliphatic hydroxyl groups excluding tert-OH is 1. The van der Waals surface area contributed by atoms with E-state index in [0.717, 1.165) is 70.0 Å². The Morgan fingerprint density at radius 3 is 2.73 bits per heavy atom.